The van der Waals surface area contributed by atoms with E-state index in [2.05, 4.69) is 0 Å². The van der Waals surface area contributed by atoms with Crippen LogP contribution in [0.5, 0.6) is 0 Å². The molecule has 0 atom stereocenters. The average Bonchev–Trinajstić information content (AvgIpc) is 1.59. The Balaban J connectivity index is 3.75. The van der Waals surface area contributed by atoms with Crippen LogP contribution in [0.4, 0.5) is 0 Å². The van der Waals surface area contributed by atoms with Crippen LogP contribution in [-0.4, -0.2) is 25.6 Å². The lowest BCUT2D eigenvalue weighted by Gasteiger charge is -2.16. The third-order valence-corrected chi connectivity index (χ3v) is 0.596. The highest BCUT2D eigenvalue weighted by atomic mass is 15.3. The third kappa shape index (κ3) is 5.19. The molecule has 0 heterocycles. The molecule has 0 spiro atoms. The van der Waals surface area contributed by atoms with E-state index in [1.54, 1.807) is 0 Å². The molecule has 0 amide bonds. The normalized spacial score (nSPS) is 11.8. The molecule has 0 rings (SSSR count). The van der Waals surface area contributed by atoms with Gasteiger partial charge in [-0.1, -0.05) is 0 Å². The first-order valence-corrected chi connectivity index (χ1v) is 2.45. The first-order chi connectivity index (χ1) is 3.56. The molecule has 0 bridgehead atoms. The standard InChI is InChI=1S/C6H11N2/c1-8(2,3)6-4-5-7/h4,6H,1-3H3/q+1/b6-4-. The summed E-state index contributed by atoms with van der Waals surface area (Å²) in [6.45, 7) is 0. The van der Waals surface area contributed by atoms with Gasteiger partial charge < -0.3 is 4.48 Å². The summed E-state index contributed by atoms with van der Waals surface area (Å²) in [7, 11) is 5.98. The van der Waals surface area contributed by atoms with Crippen LogP contribution in [0.15, 0.2) is 12.3 Å². The maximum Gasteiger partial charge on any atom is 0.106 e. The van der Waals surface area contributed by atoms with Gasteiger partial charge in [0.15, 0.2) is 0 Å². The van der Waals surface area contributed by atoms with Gasteiger partial charge in [-0.15, -0.1) is 0 Å². The van der Waals surface area contributed by atoms with Gasteiger partial charge in [0, 0.05) is 0 Å². The zero-order valence-corrected chi connectivity index (χ0v) is 5.55. The molecule has 0 unspecified atom stereocenters. The lowest BCUT2D eigenvalue weighted by Crippen LogP contribution is -2.26. The second kappa shape index (κ2) is 2.49. The van der Waals surface area contributed by atoms with Crippen molar-refractivity contribution in [3.63, 3.8) is 0 Å². The molecular formula is C6H11N2+. The summed E-state index contributed by atoms with van der Waals surface area (Å²) in [6.07, 6.45) is 3.31. The van der Waals surface area contributed by atoms with Crippen LogP contribution in [0, 0.1) is 11.3 Å². The summed E-state index contributed by atoms with van der Waals surface area (Å²) < 4.78 is 0.702. The number of quaternary nitrogens is 1. The Labute approximate surface area is 50.2 Å². The lowest BCUT2D eigenvalue weighted by atomic mass is 10.6. The van der Waals surface area contributed by atoms with Gasteiger partial charge in [-0.25, -0.2) is 0 Å². The Morgan fingerprint density at radius 3 is 2.00 bits per heavy atom. The molecule has 0 aliphatic carbocycles. The topological polar surface area (TPSA) is 23.8 Å². The predicted octanol–water partition coefficient (Wildman–Crippen LogP) is 0.730. The van der Waals surface area contributed by atoms with Crippen LogP contribution in [0.25, 0.3) is 0 Å². The van der Waals surface area contributed by atoms with E-state index in [-0.39, 0.29) is 0 Å². The summed E-state index contributed by atoms with van der Waals surface area (Å²) in [4.78, 5) is 0. The van der Waals surface area contributed by atoms with Crippen molar-refractivity contribution in [2.24, 2.45) is 0 Å². The molecule has 2 nitrogen and oxygen atoms in total. The summed E-state index contributed by atoms with van der Waals surface area (Å²) >= 11 is 0. The zero-order chi connectivity index (χ0) is 6.62. The fourth-order valence-corrected chi connectivity index (χ4v) is 0.257. The SMILES string of the molecule is C[N+](C)(C)/C=C\C#N. The van der Waals surface area contributed by atoms with Gasteiger partial charge in [-0.05, 0) is 0 Å². The number of hydrogen-bond acceptors (Lipinski definition) is 1. The molecule has 2 heteroatoms. The van der Waals surface area contributed by atoms with Gasteiger partial charge in [-0.3, -0.25) is 0 Å². The van der Waals surface area contributed by atoms with Gasteiger partial charge in [0.05, 0.1) is 33.3 Å². The highest BCUT2D eigenvalue weighted by Gasteiger charge is 1.96. The lowest BCUT2D eigenvalue weighted by molar-refractivity contribution is -0.817. The van der Waals surface area contributed by atoms with E-state index in [0.717, 1.165) is 0 Å². The molecule has 0 aliphatic rings. The monoisotopic (exact) mass is 111 g/mol. The maximum absolute atomic E-state index is 8.08. The van der Waals surface area contributed by atoms with Crippen molar-refractivity contribution < 1.29 is 4.48 Å². The van der Waals surface area contributed by atoms with E-state index < -0.39 is 0 Å². The molecule has 0 aromatic heterocycles. The Morgan fingerprint density at radius 2 is 1.88 bits per heavy atom. The smallest absolute Gasteiger partial charge is 0.106 e. The van der Waals surface area contributed by atoms with Gasteiger partial charge in [0.2, 0.25) is 0 Å². The zero-order valence-electron chi connectivity index (χ0n) is 5.55. The van der Waals surface area contributed by atoms with Crippen LogP contribution in [0.2, 0.25) is 0 Å². The third-order valence-electron chi connectivity index (χ3n) is 0.596. The fourth-order valence-electron chi connectivity index (χ4n) is 0.257. The summed E-state index contributed by atoms with van der Waals surface area (Å²) in [6, 6.07) is 1.93. The van der Waals surface area contributed by atoms with Crippen molar-refractivity contribution in [2.75, 3.05) is 21.1 Å². The molecular weight excluding hydrogens is 100 g/mol. The van der Waals surface area contributed by atoms with Crippen molar-refractivity contribution in [2.45, 2.75) is 0 Å². The van der Waals surface area contributed by atoms with E-state index in [1.165, 1.54) is 6.08 Å². The van der Waals surface area contributed by atoms with Gasteiger partial charge in [0.25, 0.3) is 0 Å². The highest BCUT2D eigenvalue weighted by molar-refractivity contribution is 4.97. The maximum atomic E-state index is 8.08. The van der Waals surface area contributed by atoms with E-state index in [9.17, 15) is 0 Å². The molecule has 0 aliphatic heterocycles. The Kier molecular flexibility index (Phi) is 2.23. The summed E-state index contributed by atoms with van der Waals surface area (Å²) in [5, 5.41) is 8.08. The minimum atomic E-state index is 0.702. The van der Waals surface area contributed by atoms with Crippen LogP contribution in [-0.2, 0) is 0 Å². The summed E-state index contributed by atoms with van der Waals surface area (Å²) in [5.41, 5.74) is 0. The molecule has 0 saturated carbocycles. The quantitative estimate of drug-likeness (QED) is 0.361. The fraction of sp³-hybridized carbons (Fsp3) is 0.500. The van der Waals surface area contributed by atoms with E-state index in [4.69, 9.17) is 5.26 Å². The van der Waals surface area contributed by atoms with E-state index in [1.807, 2.05) is 33.4 Å². The minimum absolute atomic E-state index is 0.702. The van der Waals surface area contributed by atoms with Crippen molar-refractivity contribution >= 4 is 0 Å². The van der Waals surface area contributed by atoms with Crippen LogP contribution in [0.3, 0.4) is 0 Å². The first-order valence-electron chi connectivity index (χ1n) is 2.45. The van der Waals surface area contributed by atoms with Crippen molar-refractivity contribution in [1.82, 2.24) is 0 Å². The van der Waals surface area contributed by atoms with Crippen molar-refractivity contribution in [3.8, 4) is 6.07 Å². The second-order valence-corrected chi connectivity index (χ2v) is 2.56. The Hall–Kier alpha value is -0.810. The molecule has 0 radical (unpaired) electrons. The predicted molar refractivity (Wildman–Crippen MR) is 32.8 cm³/mol. The molecule has 44 valence electrons. The Bertz CT molecular complexity index is 122. The van der Waals surface area contributed by atoms with Gasteiger partial charge in [-0.2, -0.15) is 5.26 Å². The number of allylic oxidation sites excluding steroid dienone is 1. The van der Waals surface area contributed by atoms with Crippen LogP contribution in [0.1, 0.15) is 0 Å². The molecule has 0 N–H and O–H groups in total. The molecule has 0 aromatic carbocycles. The molecule has 0 saturated heterocycles. The largest absolute Gasteiger partial charge is 0.304 e. The Morgan fingerprint density at radius 1 is 1.38 bits per heavy atom. The molecule has 8 heavy (non-hydrogen) atoms. The molecule has 0 fully saturated rings. The summed E-state index contributed by atoms with van der Waals surface area (Å²) in [5.74, 6) is 0. The van der Waals surface area contributed by atoms with E-state index in [0.29, 0.717) is 4.48 Å². The van der Waals surface area contributed by atoms with Gasteiger partial charge in [0.1, 0.15) is 6.20 Å². The minimum Gasteiger partial charge on any atom is -0.304 e. The van der Waals surface area contributed by atoms with Crippen molar-refractivity contribution in [3.05, 3.63) is 12.3 Å². The average molecular weight is 111 g/mol. The first kappa shape index (κ1) is 7.19. The van der Waals surface area contributed by atoms with Crippen molar-refractivity contribution in [1.29, 1.82) is 5.26 Å². The van der Waals surface area contributed by atoms with Gasteiger partial charge >= 0.3 is 0 Å². The van der Waals surface area contributed by atoms with Crippen LogP contribution >= 0.6 is 0 Å². The van der Waals surface area contributed by atoms with Crippen LogP contribution < -0.4 is 0 Å². The molecule has 0 aromatic rings. The number of hydrogen-bond donors (Lipinski definition) is 0. The second-order valence-electron chi connectivity index (χ2n) is 2.56. The number of rotatable bonds is 1. The highest BCUT2D eigenvalue weighted by Crippen LogP contribution is 1.88. The van der Waals surface area contributed by atoms with E-state index >= 15 is 0 Å². The number of nitrogens with zero attached hydrogens (tertiary/aromatic N) is 2. The number of nitriles is 1.